The molecule has 2 amide bonds. The molecule has 0 unspecified atom stereocenters. The van der Waals surface area contributed by atoms with Crippen molar-refractivity contribution in [2.45, 2.75) is 39.9 Å². The van der Waals surface area contributed by atoms with Crippen molar-refractivity contribution in [2.24, 2.45) is 5.41 Å². The van der Waals surface area contributed by atoms with E-state index in [1.807, 2.05) is 20.8 Å². The van der Waals surface area contributed by atoms with Gasteiger partial charge in [-0.3, -0.25) is 14.6 Å². The third-order valence-electron chi connectivity index (χ3n) is 5.61. The summed E-state index contributed by atoms with van der Waals surface area (Å²) in [6.45, 7) is 6.15. The summed E-state index contributed by atoms with van der Waals surface area (Å²) in [5.74, 6) is -0.586. The summed E-state index contributed by atoms with van der Waals surface area (Å²) < 4.78 is 40.8. The molecule has 0 spiro atoms. The molecule has 0 aliphatic heterocycles. The van der Waals surface area contributed by atoms with Crippen LogP contribution >= 0.6 is 11.6 Å². The summed E-state index contributed by atoms with van der Waals surface area (Å²) in [6, 6.07) is 10.8. The fourth-order valence-corrected chi connectivity index (χ4v) is 4.06. The van der Waals surface area contributed by atoms with Crippen LogP contribution in [-0.2, 0) is 17.5 Å². The molecule has 4 rings (SSSR count). The highest BCUT2D eigenvalue weighted by atomic mass is 35.5. The van der Waals surface area contributed by atoms with Crippen LogP contribution in [0.1, 0.15) is 48.7 Å². The van der Waals surface area contributed by atoms with Crippen molar-refractivity contribution in [3.05, 3.63) is 82.8 Å². The fourth-order valence-electron chi connectivity index (χ4n) is 3.86. The number of halogens is 4. The molecule has 4 aromatic rings. The molecule has 198 valence electrons. The molecule has 2 aromatic heterocycles. The van der Waals surface area contributed by atoms with E-state index in [1.54, 1.807) is 36.4 Å². The van der Waals surface area contributed by atoms with Crippen molar-refractivity contribution >= 4 is 40.0 Å². The quantitative estimate of drug-likeness (QED) is 0.294. The van der Waals surface area contributed by atoms with Gasteiger partial charge in [0, 0.05) is 24.5 Å². The van der Waals surface area contributed by atoms with Crippen LogP contribution in [0.15, 0.2) is 61.1 Å². The van der Waals surface area contributed by atoms with E-state index in [9.17, 15) is 22.8 Å². The van der Waals surface area contributed by atoms with Gasteiger partial charge in [-0.2, -0.15) is 18.3 Å². The number of hydrogen-bond donors (Lipinski definition) is 2. The number of carbonyl (C=O) groups is 2. The highest BCUT2D eigenvalue weighted by molar-refractivity contribution is 6.34. The van der Waals surface area contributed by atoms with Crippen LogP contribution in [0.25, 0.3) is 16.6 Å². The fraction of sp³-hybridized carbons (Fsp3) is 0.259. The Labute approximate surface area is 222 Å². The number of nitrogens with one attached hydrogen (secondary N) is 2. The third-order valence-corrected chi connectivity index (χ3v) is 5.94. The van der Waals surface area contributed by atoms with Crippen molar-refractivity contribution < 1.29 is 22.8 Å². The van der Waals surface area contributed by atoms with Crippen LogP contribution in [0, 0.1) is 5.41 Å². The van der Waals surface area contributed by atoms with E-state index in [1.165, 1.54) is 17.1 Å². The number of benzene rings is 2. The molecule has 0 saturated carbocycles. The molecule has 11 heteroatoms. The summed E-state index contributed by atoms with van der Waals surface area (Å²) in [7, 11) is 0. The second-order valence-corrected chi connectivity index (χ2v) is 10.4. The topological polar surface area (TPSA) is 88.9 Å². The summed E-state index contributed by atoms with van der Waals surface area (Å²) in [5.41, 5.74) is 0.867. The number of alkyl halides is 3. The van der Waals surface area contributed by atoms with E-state index < -0.39 is 17.6 Å². The van der Waals surface area contributed by atoms with Crippen LogP contribution in [0.2, 0.25) is 5.02 Å². The minimum Gasteiger partial charge on any atom is -0.352 e. The maximum Gasteiger partial charge on any atom is 0.417 e. The van der Waals surface area contributed by atoms with E-state index in [-0.39, 0.29) is 34.1 Å². The minimum absolute atomic E-state index is 0.0990. The van der Waals surface area contributed by atoms with Gasteiger partial charge in [0.05, 0.1) is 45.4 Å². The lowest BCUT2D eigenvalue weighted by molar-refractivity contribution is -0.137. The van der Waals surface area contributed by atoms with Crippen molar-refractivity contribution in [3.63, 3.8) is 0 Å². The average Bonchev–Trinajstić information content (AvgIpc) is 3.27. The van der Waals surface area contributed by atoms with Crippen LogP contribution in [0.4, 0.5) is 18.9 Å². The van der Waals surface area contributed by atoms with Crippen LogP contribution in [0.3, 0.4) is 0 Å². The van der Waals surface area contributed by atoms with Gasteiger partial charge in [0.2, 0.25) is 5.91 Å². The number of aromatic nitrogens is 3. The monoisotopic (exact) mass is 543 g/mol. The lowest BCUT2D eigenvalue weighted by atomic mass is 9.92. The molecule has 0 atom stereocenters. The van der Waals surface area contributed by atoms with Crippen LogP contribution in [0.5, 0.6) is 0 Å². The molecule has 2 heterocycles. The summed E-state index contributed by atoms with van der Waals surface area (Å²) in [4.78, 5) is 29.0. The first-order valence-corrected chi connectivity index (χ1v) is 12.1. The van der Waals surface area contributed by atoms with Gasteiger partial charge in [-0.25, -0.2) is 4.68 Å². The average molecular weight is 544 g/mol. The van der Waals surface area contributed by atoms with Crippen molar-refractivity contribution in [3.8, 4) is 5.69 Å². The highest BCUT2D eigenvalue weighted by Gasteiger charge is 2.31. The SMILES string of the molecule is CC(C)(C)CC(=O)NCc1ccc(Cl)c(C(=O)Nc2cccc3c2cnn3-c2cncc(C(F)(F)F)c2)c1. The largest absolute Gasteiger partial charge is 0.417 e. The van der Waals surface area contributed by atoms with E-state index in [4.69, 9.17) is 11.6 Å². The molecular formula is C27H25ClF3N5O2. The second-order valence-electron chi connectivity index (χ2n) is 10.0. The molecule has 0 saturated heterocycles. The maximum atomic E-state index is 13.2. The van der Waals surface area contributed by atoms with Crippen molar-refractivity contribution in [1.82, 2.24) is 20.1 Å². The van der Waals surface area contributed by atoms with Crippen molar-refractivity contribution in [1.29, 1.82) is 0 Å². The molecule has 2 aromatic carbocycles. The zero-order valence-corrected chi connectivity index (χ0v) is 21.6. The number of rotatable bonds is 6. The smallest absolute Gasteiger partial charge is 0.352 e. The Morgan fingerprint density at radius 2 is 1.79 bits per heavy atom. The summed E-state index contributed by atoms with van der Waals surface area (Å²) in [6.07, 6.45) is -0.711. The second kappa shape index (κ2) is 10.4. The van der Waals surface area contributed by atoms with Crippen LogP contribution < -0.4 is 10.6 Å². The Morgan fingerprint density at radius 1 is 1.03 bits per heavy atom. The lowest BCUT2D eigenvalue weighted by Crippen LogP contribution is -2.27. The molecule has 0 aliphatic carbocycles. The maximum absolute atomic E-state index is 13.2. The van der Waals surface area contributed by atoms with Gasteiger partial charge in [-0.05, 0) is 41.3 Å². The molecule has 38 heavy (non-hydrogen) atoms. The molecule has 0 radical (unpaired) electrons. The Hall–Kier alpha value is -3.92. The van der Waals surface area contributed by atoms with Gasteiger partial charge < -0.3 is 10.6 Å². The van der Waals surface area contributed by atoms with E-state index in [0.29, 0.717) is 28.6 Å². The van der Waals surface area contributed by atoms with Gasteiger partial charge in [0.1, 0.15) is 0 Å². The van der Waals surface area contributed by atoms with E-state index in [2.05, 4.69) is 20.7 Å². The Kier molecular flexibility index (Phi) is 7.46. The number of pyridine rings is 1. The minimum atomic E-state index is -4.55. The normalized spacial score (nSPS) is 12.0. The molecule has 0 fully saturated rings. The van der Waals surface area contributed by atoms with Gasteiger partial charge >= 0.3 is 6.18 Å². The zero-order valence-electron chi connectivity index (χ0n) is 20.9. The number of amides is 2. The van der Waals surface area contributed by atoms with Crippen LogP contribution in [-0.4, -0.2) is 26.6 Å². The first-order chi connectivity index (χ1) is 17.8. The molecule has 0 bridgehead atoms. The zero-order chi connectivity index (χ0) is 27.7. The molecular weight excluding hydrogens is 519 g/mol. The summed E-state index contributed by atoms with van der Waals surface area (Å²) >= 11 is 6.30. The van der Waals surface area contributed by atoms with Gasteiger partial charge in [0.15, 0.2) is 0 Å². The first kappa shape index (κ1) is 27.1. The molecule has 0 aliphatic rings. The van der Waals surface area contributed by atoms with Gasteiger partial charge in [-0.1, -0.05) is 44.5 Å². The number of hydrogen-bond acceptors (Lipinski definition) is 4. The molecule has 2 N–H and O–H groups in total. The van der Waals surface area contributed by atoms with Crippen molar-refractivity contribution in [2.75, 3.05) is 5.32 Å². The Morgan fingerprint density at radius 3 is 2.50 bits per heavy atom. The first-order valence-electron chi connectivity index (χ1n) is 11.7. The number of nitrogens with zero attached hydrogens (tertiary/aromatic N) is 3. The van der Waals surface area contributed by atoms with Gasteiger partial charge in [-0.15, -0.1) is 0 Å². The van der Waals surface area contributed by atoms with E-state index >= 15 is 0 Å². The van der Waals surface area contributed by atoms with E-state index in [0.717, 1.165) is 12.3 Å². The predicted molar refractivity (Wildman–Crippen MR) is 139 cm³/mol. The predicted octanol–water partition coefficient (Wildman–Crippen LogP) is 6.40. The Bertz CT molecular complexity index is 1510. The summed E-state index contributed by atoms with van der Waals surface area (Å²) in [5, 5.41) is 10.6. The lowest BCUT2D eigenvalue weighted by Gasteiger charge is -2.17. The third kappa shape index (κ3) is 6.31. The van der Waals surface area contributed by atoms with Gasteiger partial charge in [0.25, 0.3) is 5.91 Å². The number of anilines is 1. The number of fused-ring (bicyclic) bond motifs is 1. The highest BCUT2D eigenvalue weighted by Crippen LogP contribution is 2.31. The molecule has 7 nitrogen and oxygen atoms in total. The standard InChI is InChI=1S/C27H25ClF3N5O2/c1-26(2,3)11-24(37)33-12-16-7-8-21(28)19(9-16)25(38)35-22-5-4-6-23-20(22)15-34-36(23)18-10-17(13-32-14-18)27(29,30)31/h4-10,13-15H,11-12H2,1-3H3,(H,33,37)(H,35,38). The number of carbonyl (C=O) groups excluding carboxylic acids is 2. The Balaban J connectivity index is 1.56.